The molecule has 1 heterocycles. The lowest BCUT2D eigenvalue weighted by Crippen LogP contribution is -2.34. The summed E-state index contributed by atoms with van der Waals surface area (Å²) in [5.74, 6) is -0.0866. The summed E-state index contributed by atoms with van der Waals surface area (Å²) in [6.07, 6.45) is -0.724. The van der Waals surface area contributed by atoms with Gasteiger partial charge >= 0.3 is 0 Å². The predicted molar refractivity (Wildman–Crippen MR) is 92.4 cm³/mol. The molecule has 3 rings (SSSR count). The molecule has 0 radical (unpaired) electrons. The Kier molecular flexibility index (Phi) is 4.33. The molecule has 0 aromatic heterocycles. The van der Waals surface area contributed by atoms with Crippen molar-refractivity contribution in [1.82, 2.24) is 0 Å². The Morgan fingerprint density at radius 3 is 2.50 bits per heavy atom. The second-order valence-electron chi connectivity index (χ2n) is 5.14. The van der Waals surface area contributed by atoms with E-state index in [2.05, 4.69) is 10.0 Å². The molecule has 1 aliphatic heterocycles. The number of hydrogen-bond acceptors (Lipinski definition) is 4. The van der Waals surface area contributed by atoms with Crippen molar-refractivity contribution in [1.29, 1.82) is 0 Å². The summed E-state index contributed by atoms with van der Waals surface area (Å²) < 4.78 is 33.0. The van der Waals surface area contributed by atoms with E-state index in [-0.39, 0.29) is 21.6 Å². The van der Waals surface area contributed by atoms with E-state index in [1.165, 1.54) is 24.3 Å². The van der Waals surface area contributed by atoms with Crippen LogP contribution in [0, 0.1) is 0 Å². The average molecular weight is 387 g/mol. The number of anilines is 2. The van der Waals surface area contributed by atoms with Crippen LogP contribution in [0.2, 0.25) is 10.0 Å². The highest BCUT2D eigenvalue weighted by molar-refractivity contribution is 7.92. The zero-order valence-electron chi connectivity index (χ0n) is 12.3. The first-order valence-corrected chi connectivity index (χ1v) is 9.09. The van der Waals surface area contributed by atoms with Crippen LogP contribution >= 0.6 is 23.2 Å². The summed E-state index contributed by atoms with van der Waals surface area (Å²) in [7, 11) is -3.94. The maximum atomic E-state index is 12.6. The van der Waals surface area contributed by atoms with Crippen molar-refractivity contribution in [2.45, 2.75) is 17.9 Å². The van der Waals surface area contributed by atoms with Crippen molar-refractivity contribution < 1.29 is 17.9 Å². The van der Waals surface area contributed by atoms with Crippen LogP contribution in [0.25, 0.3) is 0 Å². The van der Waals surface area contributed by atoms with Crippen molar-refractivity contribution in [3.05, 3.63) is 46.4 Å². The molecule has 0 saturated heterocycles. The molecule has 1 atom stereocenters. The van der Waals surface area contributed by atoms with E-state index >= 15 is 0 Å². The van der Waals surface area contributed by atoms with Crippen molar-refractivity contribution >= 4 is 50.5 Å². The highest BCUT2D eigenvalue weighted by atomic mass is 35.5. The van der Waals surface area contributed by atoms with Crippen LogP contribution in [0.4, 0.5) is 11.4 Å². The number of halogens is 2. The smallest absolute Gasteiger partial charge is 0.265 e. The molecule has 1 aliphatic rings. The van der Waals surface area contributed by atoms with Gasteiger partial charge in [0.15, 0.2) is 6.10 Å². The van der Waals surface area contributed by atoms with Crippen LogP contribution in [-0.4, -0.2) is 20.4 Å². The number of benzene rings is 2. The lowest BCUT2D eigenvalue weighted by Gasteiger charge is -2.24. The standard InChI is InChI=1S/C15H12Cl2N2O4S/c1-8-15(20)18-12-6-11(17)14(7-13(12)23-8)24(21,22)19-10-4-2-9(16)3-5-10/h2-8,19H,1H3,(H,18,20). The Hall–Kier alpha value is -1.96. The Labute approximate surface area is 148 Å². The molecule has 126 valence electrons. The zero-order valence-corrected chi connectivity index (χ0v) is 14.7. The van der Waals surface area contributed by atoms with Crippen LogP contribution in [0.5, 0.6) is 5.75 Å². The van der Waals surface area contributed by atoms with E-state index in [0.717, 1.165) is 0 Å². The minimum Gasteiger partial charge on any atom is -0.479 e. The van der Waals surface area contributed by atoms with Crippen molar-refractivity contribution in [3.63, 3.8) is 0 Å². The minimum absolute atomic E-state index is 0.0336. The van der Waals surface area contributed by atoms with E-state index in [9.17, 15) is 13.2 Å². The molecule has 2 aromatic carbocycles. The van der Waals surface area contributed by atoms with Crippen LogP contribution in [-0.2, 0) is 14.8 Å². The van der Waals surface area contributed by atoms with Crippen LogP contribution in [0.3, 0.4) is 0 Å². The monoisotopic (exact) mass is 386 g/mol. The Bertz CT molecular complexity index is 914. The van der Waals surface area contributed by atoms with Gasteiger partial charge in [-0.15, -0.1) is 0 Å². The summed E-state index contributed by atoms with van der Waals surface area (Å²) in [5.41, 5.74) is 0.671. The van der Waals surface area contributed by atoms with Crippen LogP contribution in [0.1, 0.15) is 6.92 Å². The van der Waals surface area contributed by atoms with Gasteiger partial charge in [-0.05, 0) is 37.3 Å². The number of hydrogen-bond donors (Lipinski definition) is 2. The molecule has 0 saturated carbocycles. The first-order valence-electron chi connectivity index (χ1n) is 6.86. The molecular formula is C15H12Cl2N2O4S. The fourth-order valence-corrected chi connectivity index (χ4v) is 3.87. The molecule has 6 nitrogen and oxygen atoms in total. The quantitative estimate of drug-likeness (QED) is 0.844. The van der Waals surface area contributed by atoms with Gasteiger partial charge in [0.25, 0.3) is 15.9 Å². The van der Waals surface area contributed by atoms with E-state index in [0.29, 0.717) is 16.4 Å². The first-order chi connectivity index (χ1) is 11.3. The number of rotatable bonds is 3. The Balaban J connectivity index is 1.97. The molecular weight excluding hydrogens is 375 g/mol. The highest BCUT2D eigenvalue weighted by Crippen LogP contribution is 2.37. The SMILES string of the molecule is CC1Oc2cc(S(=O)(=O)Nc3ccc(Cl)cc3)c(Cl)cc2NC1=O. The zero-order chi connectivity index (χ0) is 17.5. The van der Waals surface area contributed by atoms with Gasteiger partial charge in [-0.25, -0.2) is 8.42 Å². The maximum Gasteiger partial charge on any atom is 0.265 e. The number of amides is 1. The van der Waals surface area contributed by atoms with E-state index in [1.807, 2.05) is 0 Å². The molecule has 9 heteroatoms. The molecule has 0 bridgehead atoms. The van der Waals surface area contributed by atoms with Crippen LogP contribution in [0.15, 0.2) is 41.3 Å². The lowest BCUT2D eigenvalue weighted by molar-refractivity contribution is -0.122. The third kappa shape index (κ3) is 3.28. The van der Waals surface area contributed by atoms with Gasteiger partial charge < -0.3 is 10.1 Å². The van der Waals surface area contributed by atoms with Gasteiger partial charge in [0.1, 0.15) is 10.6 Å². The first kappa shape index (κ1) is 16.9. The minimum atomic E-state index is -3.94. The molecule has 0 fully saturated rings. The molecule has 1 amide bonds. The lowest BCUT2D eigenvalue weighted by atomic mass is 10.2. The van der Waals surface area contributed by atoms with Gasteiger partial charge in [-0.3, -0.25) is 9.52 Å². The van der Waals surface area contributed by atoms with Gasteiger partial charge in [-0.1, -0.05) is 23.2 Å². The van der Waals surface area contributed by atoms with Crippen molar-refractivity contribution in [2.75, 3.05) is 10.0 Å². The molecule has 1 unspecified atom stereocenters. The van der Waals surface area contributed by atoms with Crippen molar-refractivity contribution in [3.8, 4) is 5.75 Å². The summed E-state index contributed by atoms with van der Waals surface area (Å²) >= 11 is 11.9. The van der Waals surface area contributed by atoms with E-state index < -0.39 is 16.1 Å². The molecule has 0 aliphatic carbocycles. The second kappa shape index (κ2) is 6.16. The van der Waals surface area contributed by atoms with Gasteiger partial charge in [0.2, 0.25) is 0 Å². The summed E-state index contributed by atoms with van der Waals surface area (Å²) in [4.78, 5) is 11.4. The Morgan fingerprint density at radius 1 is 1.17 bits per heavy atom. The molecule has 0 spiro atoms. The third-order valence-corrected chi connectivity index (χ3v) is 5.45. The maximum absolute atomic E-state index is 12.6. The van der Waals surface area contributed by atoms with Gasteiger partial charge in [0.05, 0.1) is 10.7 Å². The van der Waals surface area contributed by atoms with E-state index in [1.54, 1.807) is 19.1 Å². The number of ether oxygens (including phenoxy) is 1. The fourth-order valence-electron chi connectivity index (χ4n) is 2.14. The van der Waals surface area contributed by atoms with Gasteiger partial charge in [0, 0.05) is 16.8 Å². The Morgan fingerprint density at radius 2 is 1.83 bits per heavy atom. The highest BCUT2D eigenvalue weighted by Gasteiger charge is 2.28. The number of carbonyl (C=O) groups is 1. The normalized spacial score (nSPS) is 16.8. The van der Waals surface area contributed by atoms with E-state index in [4.69, 9.17) is 27.9 Å². The van der Waals surface area contributed by atoms with Crippen molar-refractivity contribution in [2.24, 2.45) is 0 Å². The number of nitrogens with one attached hydrogen (secondary N) is 2. The largest absolute Gasteiger partial charge is 0.479 e. The number of fused-ring (bicyclic) bond motifs is 1. The molecule has 2 N–H and O–H groups in total. The summed E-state index contributed by atoms with van der Waals surface area (Å²) in [5, 5.41) is 3.06. The van der Waals surface area contributed by atoms with Crippen LogP contribution < -0.4 is 14.8 Å². The summed E-state index contributed by atoms with van der Waals surface area (Å²) in [6, 6.07) is 8.82. The second-order valence-corrected chi connectivity index (χ2v) is 7.63. The number of carbonyl (C=O) groups excluding carboxylic acids is 1. The third-order valence-electron chi connectivity index (χ3n) is 3.35. The predicted octanol–water partition coefficient (Wildman–Crippen LogP) is 3.51. The van der Waals surface area contributed by atoms with Gasteiger partial charge in [-0.2, -0.15) is 0 Å². The average Bonchev–Trinajstić information content (AvgIpc) is 2.50. The molecule has 24 heavy (non-hydrogen) atoms. The molecule has 2 aromatic rings. The summed E-state index contributed by atoms with van der Waals surface area (Å²) in [6.45, 7) is 1.56. The number of sulfonamides is 1. The fraction of sp³-hybridized carbons (Fsp3) is 0.133. The topological polar surface area (TPSA) is 84.5 Å².